The number of carbonyl (C=O) groups excluding carboxylic acids is 1. The first-order chi connectivity index (χ1) is 17.8. The van der Waals surface area contributed by atoms with Crippen LogP contribution in [0.1, 0.15) is 20.8 Å². The average Bonchev–Trinajstić information content (AvgIpc) is 2.76. The second kappa shape index (κ2) is 12.3. The molecule has 0 aliphatic carbocycles. The van der Waals surface area contributed by atoms with Gasteiger partial charge in [0.05, 0.1) is 15.8 Å². The van der Waals surface area contributed by atoms with Crippen molar-refractivity contribution in [3.8, 4) is 5.75 Å². The van der Waals surface area contributed by atoms with Crippen LogP contribution in [0.3, 0.4) is 0 Å². The SMILES string of the molecule is CC1(C)N=C(N)N=C(N)N1c1ccc(OCC(=O)Nc2ccc(S(=O)(=O)F)c(Cl)c2)c(Cl)c1.CCS(=O)(=O)O. The third-order valence-electron chi connectivity index (χ3n) is 4.77. The monoisotopic (exact) mass is 626 g/mol. The van der Waals surface area contributed by atoms with Crippen LogP contribution in [-0.4, -0.2) is 57.2 Å². The molecule has 2 aromatic rings. The summed E-state index contributed by atoms with van der Waals surface area (Å²) < 4.78 is 67.4. The number of guanidine groups is 2. The van der Waals surface area contributed by atoms with Crippen LogP contribution in [0, 0.1) is 0 Å². The first-order valence-corrected chi connectivity index (χ1v) is 14.5. The number of carbonyl (C=O) groups is 1. The molecule has 0 saturated carbocycles. The molecule has 39 heavy (non-hydrogen) atoms. The molecule has 6 N–H and O–H groups in total. The molecule has 0 radical (unpaired) electrons. The van der Waals surface area contributed by atoms with Crippen molar-refractivity contribution in [2.24, 2.45) is 21.5 Å². The van der Waals surface area contributed by atoms with Gasteiger partial charge in [0.15, 0.2) is 6.61 Å². The fourth-order valence-electron chi connectivity index (χ4n) is 3.11. The van der Waals surface area contributed by atoms with E-state index in [-0.39, 0.29) is 39.2 Å². The zero-order valence-electron chi connectivity index (χ0n) is 20.7. The molecule has 13 nitrogen and oxygen atoms in total. The summed E-state index contributed by atoms with van der Waals surface area (Å²) in [7, 11) is -8.63. The predicted octanol–water partition coefficient (Wildman–Crippen LogP) is 2.75. The van der Waals surface area contributed by atoms with E-state index in [1.165, 1.54) is 13.0 Å². The lowest BCUT2D eigenvalue weighted by atomic mass is 10.1. The van der Waals surface area contributed by atoms with E-state index in [9.17, 15) is 25.5 Å². The molecule has 0 unspecified atom stereocenters. The number of anilines is 2. The van der Waals surface area contributed by atoms with Crippen molar-refractivity contribution >= 4 is 72.7 Å². The molecule has 0 aromatic heterocycles. The van der Waals surface area contributed by atoms with Crippen molar-refractivity contribution in [1.29, 1.82) is 0 Å². The zero-order chi connectivity index (χ0) is 29.8. The second-order valence-corrected chi connectivity index (χ2v) is 12.0. The molecule has 2 aromatic carbocycles. The van der Waals surface area contributed by atoms with Crippen molar-refractivity contribution in [3.63, 3.8) is 0 Å². The van der Waals surface area contributed by atoms with Crippen molar-refractivity contribution in [3.05, 3.63) is 46.4 Å². The molecule has 1 amide bonds. The first-order valence-electron chi connectivity index (χ1n) is 10.8. The molecule has 1 aliphatic rings. The topological polar surface area (TPSA) is 207 Å². The van der Waals surface area contributed by atoms with Crippen molar-refractivity contribution in [2.45, 2.75) is 31.3 Å². The predicted molar refractivity (Wildman–Crippen MR) is 147 cm³/mol. The zero-order valence-corrected chi connectivity index (χ0v) is 23.9. The maximum atomic E-state index is 13.1. The standard InChI is InChI=1S/C19H19Cl2FN6O4S.C2H6O3S/c1-19(2)27-17(23)26-18(24)28(19)11-4-5-14(12(20)8-11)32-9-16(29)25-10-3-6-15(13(21)7-10)33(22,30)31;1-2-6(3,4)5/h3-8H,9H2,1-2H3,(H,25,29)(H4,23,24,26,27);2H2,1H3,(H,3,4,5). The highest BCUT2D eigenvalue weighted by molar-refractivity contribution is 7.86. The van der Waals surface area contributed by atoms with Crippen molar-refractivity contribution < 1.29 is 34.8 Å². The van der Waals surface area contributed by atoms with E-state index in [0.717, 1.165) is 12.1 Å². The number of ether oxygens (including phenoxy) is 1. The van der Waals surface area contributed by atoms with Crippen LogP contribution in [-0.2, 0) is 25.1 Å². The molecule has 0 spiro atoms. The Kier molecular flexibility index (Phi) is 10.1. The lowest BCUT2D eigenvalue weighted by molar-refractivity contribution is -0.118. The number of hydrogen-bond acceptors (Lipinski definition) is 11. The van der Waals surface area contributed by atoms with E-state index < -0.39 is 43.4 Å². The summed E-state index contributed by atoms with van der Waals surface area (Å²) in [5, 5.41) is 2.29. The molecular weight excluding hydrogens is 602 g/mol. The molecular formula is C21H25Cl2FN6O7S2. The quantitative estimate of drug-likeness (QED) is 0.261. The van der Waals surface area contributed by atoms with Gasteiger partial charge < -0.3 is 21.5 Å². The van der Waals surface area contributed by atoms with Crippen LogP contribution in [0.2, 0.25) is 10.0 Å². The number of aliphatic imine (C=N–C) groups is 2. The van der Waals surface area contributed by atoms with Gasteiger partial charge >= 0.3 is 10.2 Å². The summed E-state index contributed by atoms with van der Waals surface area (Å²) in [5.74, 6) is -0.358. The Morgan fingerprint density at radius 1 is 1.13 bits per heavy atom. The Labute approximate surface area is 234 Å². The largest absolute Gasteiger partial charge is 0.482 e. The van der Waals surface area contributed by atoms with E-state index in [0.29, 0.717) is 5.69 Å². The lowest BCUT2D eigenvalue weighted by Gasteiger charge is -2.38. The molecule has 3 rings (SSSR count). The highest BCUT2D eigenvalue weighted by Gasteiger charge is 2.33. The van der Waals surface area contributed by atoms with Crippen LogP contribution in [0.15, 0.2) is 51.3 Å². The molecule has 0 saturated heterocycles. The average molecular weight is 628 g/mol. The van der Waals surface area contributed by atoms with Gasteiger partial charge in [-0.15, -0.1) is 3.89 Å². The Morgan fingerprint density at radius 3 is 2.23 bits per heavy atom. The summed E-state index contributed by atoms with van der Waals surface area (Å²) in [6.07, 6.45) is 0. The molecule has 18 heteroatoms. The maximum Gasteiger partial charge on any atom is 0.333 e. The Balaban J connectivity index is 0.000000798. The van der Waals surface area contributed by atoms with Crippen LogP contribution in [0.5, 0.6) is 5.75 Å². The highest BCUT2D eigenvalue weighted by Crippen LogP contribution is 2.34. The van der Waals surface area contributed by atoms with E-state index in [1.54, 1.807) is 36.9 Å². The second-order valence-electron chi connectivity index (χ2n) is 8.18. The number of nitrogens with zero attached hydrogens (tertiary/aromatic N) is 3. The van der Waals surface area contributed by atoms with Crippen molar-refractivity contribution in [2.75, 3.05) is 22.6 Å². The van der Waals surface area contributed by atoms with E-state index in [4.69, 9.17) is 44.0 Å². The van der Waals surface area contributed by atoms with Crippen LogP contribution in [0.4, 0.5) is 15.3 Å². The number of hydrogen-bond donors (Lipinski definition) is 4. The fourth-order valence-corrected chi connectivity index (χ4v) is 4.32. The number of nitrogens with one attached hydrogen (secondary N) is 1. The fraction of sp³-hybridized carbons (Fsp3) is 0.286. The first kappa shape index (κ1) is 32.0. The van der Waals surface area contributed by atoms with Gasteiger partial charge in [-0.05, 0) is 57.2 Å². The van der Waals surface area contributed by atoms with Gasteiger partial charge in [-0.2, -0.15) is 21.8 Å². The Hall–Kier alpha value is -3.18. The van der Waals surface area contributed by atoms with E-state index >= 15 is 0 Å². The maximum absolute atomic E-state index is 13.1. The van der Waals surface area contributed by atoms with Gasteiger partial charge in [0.25, 0.3) is 16.0 Å². The van der Waals surface area contributed by atoms with Crippen LogP contribution in [0.25, 0.3) is 0 Å². The normalized spacial score (nSPS) is 14.9. The number of rotatable bonds is 7. The summed E-state index contributed by atoms with van der Waals surface area (Å²) in [6, 6.07) is 8.03. The summed E-state index contributed by atoms with van der Waals surface area (Å²) in [5.41, 5.74) is 11.6. The van der Waals surface area contributed by atoms with Gasteiger partial charge in [-0.1, -0.05) is 23.2 Å². The molecule has 0 atom stereocenters. The third kappa shape index (κ3) is 9.21. The van der Waals surface area contributed by atoms with Gasteiger partial charge in [0, 0.05) is 11.4 Å². The minimum Gasteiger partial charge on any atom is -0.482 e. The van der Waals surface area contributed by atoms with Crippen LogP contribution >= 0.6 is 23.2 Å². The van der Waals surface area contributed by atoms with Crippen molar-refractivity contribution in [1.82, 2.24) is 0 Å². The third-order valence-corrected chi connectivity index (χ3v) is 7.10. The highest BCUT2D eigenvalue weighted by atomic mass is 35.5. The Morgan fingerprint density at radius 2 is 1.74 bits per heavy atom. The van der Waals surface area contributed by atoms with Gasteiger partial charge in [0.2, 0.25) is 11.9 Å². The lowest BCUT2D eigenvalue weighted by Crippen LogP contribution is -2.54. The van der Waals surface area contributed by atoms with Gasteiger partial charge in [-0.3, -0.25) is 14.2 Å². The summed E-state index contributed by atoms with van der Waals surface area (Å²) >= 11 is 12.1. The molecule has 1 aliphatic heterocycles. The van der Waals surface area contributed by atoms with Gasteiger partial charge in [0.1, 0.15) is 16.3 Å². The molecule has 0 bridgehead atoms. The summed E-state index contributed by atoms with van der Waals surface area (Å²) in [4.78, 5) is 21.4. The number of nitrogens with two attached hydrogens (primary N) is 2. The van der Waals surface area contributed by atoms with E-state index in [1.807, 2.05) is 0 Å². The molecule has 214 valence electrons. The van der Waals surface area contributed by atoms with Gasteiger partial charge in [-0.25, -0.2) is 4.99 Å². The smallest absolute Gasteiger partial charge is 0.333 e. The number of benzene rings is 2. The van der Waals surface area contributed by atoms with Crippen LogP contribution < -0.4 is 26.4 Å². The Bertz CT molecular complexity index is 1530. The number of halogens is 3. The molecule has 0 fully saturated rings. The minimum atomic E-state index is -4.97. The minimum absolute atomic E-state index is 0.0630. The molecule has 1 heterocycles. The van der Waals surface area contributed by atoms with E-state index in [2.05, 4.69) is 15.3 Å². The summed E-state index contributed by atoms with van der Waals surface area (Å²) in [6.45, 7) is 4.55. The number of amides is 1.